The van der Waals surface area contributed by atoms with Crippen LogP contribution in [0.25, 0.3) is 16.5 Å². The Morgan fingerprint density at radius 3 is 2.42 bits per heavy atom. The molecule has 9 rings (SSSR count). The maximum absolute atomic E-state index is 14.0. The molecule has 1 amide bonds. The van der Waals surface area contributed by atoms with E-state index in [1.807, 2.05) is 42.6 Å². The van der Waals surface area contributed by atoms with E-state index < -0.39 is 25.7 Å². The Morgan fingerprint density at radius 2 is 1.68 bits per heavy atom. The zero-order valence-corrected chi connectivity index (χ0v) is 39.1. The lowest BCUT2D eigenvalue weighted by molar-refractivity contribution is -0.384. The van der Waals surface area contributed by atoms with E-state index >= 15 is 0 Å². The van der Waals surface area contributed by atoms with Crippen LogP contribution in [0.4, 0.5) is 17.1 Å². The van der Waals surface area contributed by atoms with Crippen molar-refractivity contribution >= 4 is 61.1 Å². The van der Waals surface area contributed by atoms with E-state index in [9.17, 15) is 23.3 Å². The quantitative estimate of drug-likeness (QED) is 0.0762. The van der Waals surface area contributed by atoms with Gasteiger partial charge in [0.05, 0.1) is 28.6 Å². The van der Waals surface area contributed by atoms with Crippen molar-refractivity contribution in [1.82, 2.24) is 19.5 Å². The van der Waals surface area contributed by atoms with Gasteiger partial charge < -0.3 is 24.7 Å². The van der Waals surface area contributed by atoms with Gasteiger partial charge in [0, 0.05) is 97.8 Å². The number of morpholine rings is 1. The molecule has 4 aliphatic rings. The number of rotatable bonds is 13. The number of amides is 1. The van der Waals surface area contributed by atoms with Crippen molar-refractivity contribution in [3.8, 4) is 11.5 Å². The number of H-pyrrole nitrogens is 1. The van der Waals surface area contributed by atoms with E-state index in [1.165, 1.54) is 28.8 Å². The Bertz CT molecular complexity index is 2720. The number of halogens is 1. The first-order valence-corrected chi connectivity index (χ1v) is 24.9. The Morgan fingerprint density at radius 1 is 0.924 bits per heavy atom. The van der Waals surface area contributed by atoms with E-state index in [1.54, 1.807) is 18.2 Å². The highest BCUT2D eigenvalue weighted by Gasteiger charge is 2.32. The fourth-order valence-electron chi connectivity index (χ4n) is 10.0. The molecule has 0 atom stereocenters. The summed E-state index contributed by atoms with van der Waals surface area (Å²) in [6, 6.07) is 25.0. The average molecular weight is 937 g/mol. The van der Waals surface area contributed by atoms with Crippen LogP contribution in [0.5, 0.6) is 11.5 Å². The maximum atomic E-state index is 14.0. The van der Waals surface area contributed by atoms with Gasteiger partial charge in [-0.1, -0.05) is 43.2 Å². The number of nitrogens with zero attached hydrogens (tertiary/aromatic N) is 4. The van der Waals surface area contributed by atoms with Gasteiger partial charge in [0.1, 0.15) is 17.2 Å². The zero-order valence-electron chi connectivity index (χ0n) is 37.6. The third-order valence-electron chi connectivity index (χ3n) is 13.8. The van der Waals surface area contributed by atoms with Crippen LogP contribution >= 0.6 is 11.6 Å². The maximum Gasteiger partial charge on any atom is 0.293 e. The van der Waals surface area contributed by atoms with Crippen molar-refractivity contribution in [1.29, 1.82) is 0 Å². The van der Waals surface area contributed by atoms with Crippen LogP contribution in [-0.4, -0.2) is 105 Å². The Balaban J connectivity index is 0.904. The minimum atomic E-state index is -4.56. The van der Waals surface area contributed by atoms with Gasteiger partial charge in [-0.25, -0.2) is 13.1 Å². The molecule has 14 nitrogen and oxygen atoms in total. The molecule has 0 spiro atoms. The summed E-state index contributed by atoms with van der Waals surface area (Å²) < 4.78 is 41.8. The molecule has 1 saturated carbocycles. The molecule has 4 aromatic carbocycles. The summed E-state index contributed by atoms with van der Waals surface area (Å²) in [5.41, 5.74) is 5.96. The number of fused-ring (bicyclic) bond motifs is 1. The normalized spacial score (nSPS) is 20.9. The molecule has 2 aliphatic carbocycles. The van der Waals surface area contributed by atoms with Crippen LogP contribution in [0.3, 0.4) is 0 Å². The highest BCUT2D eigenvalue weighted by atomic mass is 35.5. The summed E-state index contributed by atoms with van der Waals surface area (Å²) in [5, 5.41) is 17.3. The highest BCUT2D eigenvalue weighted by Crippen LogP contribution is 2.44. The first kappa shape index (κ1) is 45.7. The highest BCUT2D eigenvalue weighted by molar-refractivity contribution is 7.90. The number of ether oxygens (including phenoxy) is 2. The fourth-order valence-corrected chi connectivity index (χ4v) is 11.1. The monoisotopic (exact) mass is 935 g/mol. The number of hydrogen-bond donors (Lipinski definition) is 3. The molecule has 5 aromatic rings. The number of carbonyl (C=O) groups is 1. The van der Waals surface area contributed by atoms with E-state index in [-0.39, 0.29) is 34.1 Å². The predicted molar refractivity (Wildman–Crippen MR) is 259 cm³/mol. The SMILES string of the molecule is CC1(C)CCC(CN2CCN(c3ccc(C(=O)NS(=O)(=O)c4ccc(N[C@H]5CC[C@@H](N6CCOCC6)CC5)c([N+](=O)[O-])c4)c(Oc4ccc5[nH]ccc5c4)c3)CC2)=C(c2ccc(Cl)cc2)C1. The van der Waals surface area contributed by atoms with Crippen LogP contribution in [-0.2, 0) is 14.8 Å². The summed E-state index contributed by atoms with van der Waals surface area (Å²) in [5.74, 6) is -0.282. The Hall–Kier alpha value is -5.45. The van der Waals surface area contributed by atoms with E-state index in [0.717, 1.165) is 132 Å². The fraction of sp³-hybridized carbons (Fsp3) is 0.420. The summed E-state index contributed by atoms with van der Waals surface area (Å²) in [6.45, 7) is 12.0. The van der Waals surface area contributed by atoms with Gasteiger partial charge in [-0.3, -0.25) is 24.7 Å². The molecular weight excluding hydrogens is 878 g/mol. The first-order valence-electron chi connectivity index (χ1n) is 23.0. The van der Waals surface area contributed by atoms with E-state index in [4.69, 9.17) is 21.1 Å². The molecule has 0 radical (unpaired) electrons. The first-order chi connectivity index (χ1) is 31.8. The minimum Gasteiger partial charge on any atom is -0.456 e. The molecule has 1 aromatic heterocycles. The molecule has 3 fully saturated rings. The molecule has 348 valence electrons. The number of piperazine rings is 1. The predicted octanol–water partition coefficient (Wildman–Crippen LogP) is 9.48. The van der Waals surface area contributed by atoms with Gasteiger partial charge in [-0.05, 0) is 122 Å². The second kappa shape index (κ2) is 19.4. The molecule has 3 N–H and O–H groups in total. The topological polar surface area (TPSA) is 162 Å². The lowest BCUT2D eigenvalue weighted by Crippen LogP contribution is -2.47. The van der Waals surface area contributed by atoms with Gasteiger partial charge in [-0.15, -0.1) is 0 Å². The van der Waals surface area contributed by atoms with Crippen molar-refractivity contribution in [2.75, 3.05) is 69.2 Å². The number of aromatic amines is 1. The number of hydrogen-bond acceptors (Lipinski definition) is 11. The molecule has 3 heterocycles. The Labute approximate surface area is 391 Å². The van der Waals surface area contributed by atoms with Crippen LogP contribution in [0.1, 0.15) is 74.7 Å². The summed E-state index contributed by atoms with van der Waals surface area (Å²) in [4.78, 5) is 35.8. The van der Waals surface area contributed by atoms with Crippen molar-refractivity contribution < 1.29 is 27.6 Å². The molecule has 2 aliphatic heterocycles. The molecule has 16 heteroatoms. The largest absolute Gasteiger partial charge is 0.456 e. The van der Waals surface area contributed by atoms with Gasteiger partial charge in [-0.2, -0.15) is 0 Å². The number of carbonyl (C=O) groups excluding carboxylic acids is 1. The van der Waals surface area contributed by atoms with Gasteiger partial charge in [0.25, 0.3) is 21.6 Å². The molecule has 2 saturated heterocycles. The third kappa shape index (κ3) is 10.6. The summed E-state index contributed by atoms with van der Waals surface area (Å²) in [7, 11) is -4.56. The van der Waals surface area contributed by atoms with Gasteiger partial charge >= 0.3 is 0 Å². The van der Waals surface area contributed by atoms with Crippen LogP contribution in [0.15, 0.2) is 102 Å². The minimum absolute atomic E-state index is 0.00233. The number of anilines is 2. The third-order valence-corrected chi connectivity index (χ3v) is 15.4. The summed E-state index contributed by atoms with van der Waals surface area (Å²) in [6.07, 6.45) is 8.61. The molecule has 66 heavy (non-hydrogen) atoms. The molecule has 0 bridgehead atoms. The zero-order chi connectivity index (χ0) is 46.0. The number of nitro benzene ring substituents is 1. The number of nitrogens with one attached hydrogen (secondary N) is 3. The number of allylic oxidation sites excluding steroid dienone is 1. The van der Waals surface area contributed by atoms with Crippen LogP contribution < -0.4 is 19.7 Å². The number of nitro groups is 1. The van der Waals surface area contributed by atoms with Crippen LogP contribution in [0.2, 0.25) is 5.02 Å². The second-order valence-electron chi connectivity index (χ2n) is 18.9. The lowest BCUT2D eigenvalue weighted by Gasteiger charge is -2.39. The second-order valence-corrected chi connectivity index (χ2v) is 21.0. The van der Waals surface area contributed by atoms with E-state index in [2.05, 4.69) is 55.7 Å². The standard InChI is InChI=1S/C50H58ClN7O7S/c1-50(2)19-17-36(44(32-50)34-3-5-37(51)6-4-34)33-55-21-23-56(24-22-55)40-11-14-43(48(30-40)65-41-12-15-45-35(29-41)18-20-52-45)49(59)54-66(62,63)42-13-16-46(47(31-42)58(60)61)53-38-7-9-39(10-8-38)57-25-27-64-28-26-57/h3-6,11-16,18,20,29-31,38-39,52-53H,7-10,17,19,21-28,32-33H2,1-2H3,(H,54,59)/t38-,39+. The smallest absolute Gasteiger partial charge is 0.293 e. The van der Waals surface area contributed by atoms with Crippen molar-refractivity contribution in [3.05, 3.63) is 123 Å². The van der Waals surface area contributed by atoms with E-state index in [0.29, 0.717) is 11.8 Å². The lowest BCUT2D eigenvalue weighted by atomic mass is 9.72. The van der Waals surface area contributed by atoms with Crippen molar-refractivity contribution in [2.24, 2.45) is 5.41 Å². The van der Waals surface area contributed by atoms with Crippen LogP contribution in [0, 0.1) is 15.5 Å². The van der Waals surface area contributed by atoms with Crippen molar-refractivity contribution in [3.63, 3.8) is 0 Å². The molecular formula is C50H58ClN7O7S. The number of aromatic nitrogens is 1. The average Bonchev–Trinajstić information content (AvgIpc) is 3.79. The van der Waals surface area contributed by atoms with Crippen molar-refractivity contribution in [2.45, 2.75) is 75.8 Å². The Kier molecular flexibility index (Phi) is 13.4. The number of sulfonamides is 1. The van der Waals surface area contributed by atoms with Gasteiger partial charge in [0.2, 0.25) is 0 Å². The number of benzene rings is 4. The molecule has 0 unspecified atom stereocenters. The summed E-state index contributed by atoms with van der Waals surface area (Å²) >= 11 is 6.26. The van der Waals surface area contributed by atoms with Gasteiger partial charge in [0.15, 0.2) is 0 Å².